The first-order valence-electron chi connectivity index (χ1n) is 13.3. The summed E-state index contributed by atoms with van der Waals surface area (Å²) in [7, 11) is 3.86. The molecule has 2 heterocycles. The Hall–Kier alpha value is -4.23. The van der Waals surface area contributed by atoms with Crippen LogP contribution in [0.25, 0.3) is 11.1 Å². The van der Waals surface area contributed by atoms with Crippen LogP contribution in [0.2, 0.25) is 0 Å². The number of amides is 1. The molecular weight excluding hydrogens is 486 g/mol. The van der Waals surface area contributed by atoms with Crippen LogP contribution < -0.4 is 15.5 Å². The van der Waals surface area contributed by atoms with Gasteiger partial charge in [0.15, 0.2) is 0 Å². The van der Waals surface area contributed by atoms with Gasteiger partial charge >= 0.3 is 0 Å². The highest BCUT2D eigenvalue weighted by Crippen LogP contribution is 2.27. The Morgan fingerprint density at radius 1 is 0.949 bits per heavy atom. The molecule has 1 amide bonds. The molecule has 0 aliphatic rings. The maximum absolute atomic E-state index is 13.2. The summed E-state index contributed by atoms with van der Waals surface area (Å²) in [6.45, 7) is 8.56. The smallest absolute Gasteiger partial charge is 0.298 e. The first kappa shape index (κ1) is 27.8. The molecule has 4 rings (SSSR count). The van der Waals surface area contributed by atoms with E-state index in [1.54, 1.807) is 4.57 Å². The Kier molecular flexibility index (Phi) is 8.94. The zero-order chi connectivity index (χ0) is 27.9. The Bertz CT molecular complexity index is 1420. The Balaban J connectivity index is 1.30. The van der Waals surface area contributed by atoms with Crippen molar-refractivity contribution in [3.8, 4) is 11.1 Å². The van der Waals surface area contributed by atoms with Gasteiger partial charge in [-0.2, -0.15) is 0 Å². The molecule has 202 valence electrons. The van der Waals surface area contributed by atoms with Crippen molar-refractivity contribution in [2.75, 3.05) is 30.4 Å². The van der Waals surface area contributed by atoms with Crippen LogP contribution in [0.3, 0.4) is 0 Å². The normalized spacial score (nSPS) is 10.9. The maximum Gasteiger partial charge on any atom is 0.298 e. The van der Waals surface area contributed by atoms with Crippen LogP contribution in [0.4, 0.5) is 11.4 Å². The number of hydrogen-bond acceptors (Lipinski definition) is 5. The number of carbonyl (C=O) groups is 2. The standard InChI is InChI=1S/C32H37N5O2/c1-22-18-23(2)34-27(19-22)21-33-16-9-17-36(4)28-14-12-26(13-15-28)35-32(39)31(38)30-29(20-24(3)37(30)5)25-10-7-6-8-11-25/h6-8,10-15,18-20,33H,9,16-17,21H2,1-5H3,(H,35,39). The third-order valence-corrected chi connectivity index (χ3v) is 6.85. The van der Waals surface area contributed by atoms with Crippen LogP contribution in [0, 0.1) is 20.8 Å². The number of Topliss-reactive ketones (excluding diaryl/α,β-unsaturated/α-hetero) is 1. The van der Waals surface area contributed by atoms with E-state index in [0.717, 1.165) is 60.0 Å². The van der Waals surface area contributed by atoms with Crippen molar-refractivity contribution in [1.29, 1.82) is 0 Å². The molecule has 0 unspecified atom stereocenters. The van der Waals surface area contributed by atoms with E-state index in [4.69, 9.17) is 0 Å². The van der Waals surface area contributed by atoms with Gasteiger partial charge in [0.1, 0.15) is 5.69 Å². The molecule has 0 aliphatic heterocycles. The zero-order valence-corrected chi connectivity index (χ0v) is 23.4. The van der Waals surface area contributed by atoms with Gasteiger partial charge in [-0.1, -0.05) is 30.3 Å². The number of aryl methyl sites for hydroxylation is 3. The molecule has 0 fully saturated rings. The van der Waals surface area contributed by atoms with Gasteiger partial charge in [0.2, 0.25) is 0 Å². The van der Waals surface area contributed by atoms with Crippen LogP contribution in [-0.2, 0) is 18.4 Å². The van der Waals surface area contributed by atoms with Gasteiger partial charge in [0.25, 0.3) is 11.7 Å². The molecular formula is C32H37N5O2. The number of benzene rings is 2. The van der Waals surface area contributed by atoms with Gasteiger partial charge in [-0.3, -0.25) is 14.6 Å². The van der Waals surface area contributed by atoms with Gasteiger partial charge in [-0.15, -0.1) is 0 Å². The lowest BCUT2D eigenvalue weighted by Crippen LogP contribution is -2.26. The Morgan fingerprint density at radius 2 is 1.67 bits per heavy atom. The van der Waals surface area contributed by atoms with Crippen molar-refractivity contribution in [1.82, 2.24) is 14.9 Å². The summed E-state index contributed by atoms with van der Waals surface area (Å²) < 4.78 is 1.77. The van der Waals surface area contributed by atoms with E-state index in [9.17, 15) is 9.59 Å². The highest BCUT2D eigenvalue weighted by molar-refractivity contribution is 6.47. The summed E-state index contributed by atoms with van der Waals surface area (Å²) in [6.07, 6.45) is 0.980. The molecule has 39 heavy (non-hydrogen) atoms. The van der Waals surface area contributed by atoms with Gasteiger partial charge in [0.05, 0.1) is 5.69 Å². The fourth-order valence-corrected chi connectivity index (χ4v) is 4.74. The molecule has 0 bridgehead atoms. The molecule has 0 aliphatic carbocycles. The quantitative estimate of drug-likeness (QED) is 0.155. The number of anilines is 2. The topological polar surface area (TPSA) is 79.3 Å². The van der Waals surface area contributed by atoms with Crippen molar-refractivity contribution in [2.24, 2.45) is 7.05 Å². The summed E-state index contributed by atoms with van der Waals surface area (Å²) in [4.78, 5) is 32.9. The van der Waals surface area contributed by atoms with E-state index in [2.05, 4.69) is 39.6 Å². The van der Waals surface area contributed by atoms with Crippen LogP contribution >= 0.6 is 0 Å². The van der Waals surface area contributed by atoms with E-state index < -0.39 is 11.7 Å². The van der Waals surface area contributed by atoms with Gasteiger partial charge in [-0.25, -0.2) is 0 Å². The number of nitrogens with zero attached hydrogens (tertiary/aromatic N) is 3. The first-order valence-corrected chi connectivity index (χ1v) is 13.3. The van der Waals surface area contributed by atoms with Crippen molar-refractivity contribution < 1.29 is 9.59 Å². The Morgan fingerprint density at radius 3 is 2.36 bits per heavy atom. The highest BCUT2D eigenvalue weighted by Gasteiger charge is 2.25. The van der Waals surface area contributed by atoms with Crippen molar-refractivity contribution in [3.05, 3.63) is 101 Å². The van der Waals surface area contributed by atoms with Gasteiger partial charge in [0, 0.05) is 55.5 Å². The largest absolute Gasteiger partial charge is 0.375 e. The lowest BCUT2D eigenvalue weighted by molar-refractivity contribution is -0.112. The summed E-state index contributed by atoms with van der Waals surface area (Å²) in [5.41, 5.74) is 7.92. The predicted octanol–water partition coefficient (Wildman–Crippen LogP) is 5.45. The predicted molar refractivity (Wildman–Crippen MR) is 158 cm³/mol. The number of rotatable bonds is 11. The molecule has 0 atom stereocenters. The molecule has 7 nitrogen and oxygen atoms in total. The average Bonchev–Trinajstić information content (AvgIpc) is 3.22. The van der Waals surface area contributed by atoms with Crippen LogP contribution in [0.15, 0.2) is 72.8 Å². The van der Waals surface area contributed by atoms with E-state index in [0.29, 0.717) is 11.4 Å². The molecule has 2 aromatic heterocycles. The van der Waals surface area contributed by atoms with Crippen LogP contribution in [0.1, 0.15) is 39.6 Å². The number of ketones is 1. The third kappa shape index (κ3) is 7.00. The molecule has 0 radical (unpaired) electrons. The molecule has 0 saturated carbocycles. The average molecular weight is 524 g/mol. The molecule has 7 heteroatoms. The number of carbonyl (C=O) groups excluding carboxylic acids is 2. The first-order chi connectivity index (χ1) is 18.7. The second-order valence-corrected chi connectivity index (χ2v) is 10.0. The second-order valence-electron chi connectivity index (χ2n) is 10.0. The van der Waals surface area contributed by atoms with E-state index in [1.807, 2.05) is 88.6 Å². The van der Waals surface area contributed by atoms with Crippen LogP contribution in [0.5, 0.6) is 0 Å². The fraction of sp³-hybridized carbons (Fsp3) is 0.281. The minimum absolute atomic E-state index is 0.384. The zero-order valence-electron chi connectivity index (χ0n) is 23.4. The maximum atomic E-state index is 13.2. The van der Waals surface area contributed by atoms with Crippen molar-refractivity contribution in [3.63, 3.8) is 0 Å². The number of aromatic nitrogens is 2. The number of pyridine rings is 1. The van der Waals surface area contributed by atoms with Crippen LogP contribution in [-0.4, -0.2) is 41.4 Å². The van der Waals surface area contributed by atoms with E-state index in [-0.39, 0.29) is 0 Å². The molecule has 4 aromatic rings. The minimum atomic E-state index is -0.654. The number of nitrogens with one attached hydrogen (secondary N) is 2. The molecule has 2 aromatic carbocycles. The molecule has 0 saturated heterocycles. The Labute approximate surface area is 230 Å². The van der Waals surface area contributed by atoms with E-state index >= 15 is 0 Å². The summed E-state index contributed by atoms with van der Waals surface area (Å²) in [6, 6.07) is 23.4. The molecule has 2 N–H and O–H groups in total. The SMILES string of the molecule is Cc1cc(C)nc(CNCCCN(C)c2ccc(NC(=O)C(=O)c3c(-c4ccccc4)cc(C)n3C)cc2)c1. The lowest BCUT2D eigenvalue weighted by Gasteiger charge is -2.20. The monoisotopic (exact) mass is 523 g/mol. The van der Waals surface area contributed by atoms with Crippen molar-refractivity contribution in [2.45, 2.75) is 33.7 Å². The minimum Gasteiger partial charge on any atom is -0.375 e. The van der Waals surface area contributed by atoms with E-state index in [1.165, 1.54) is 5.56 Å². The fourth-order valence-electron chi connectivity index (χ4n) is 4.74. The second kappa shape index (κ2) is 12.5. The van der Waals surface area contributed by atoms with Gasteiger partial charge < -0.3 is 20.1 Å². The lowest BCUT2D eigenvalue weighted by atomic mass is 10.0. The van der Waals surface area contributed by atoms with Gasteiger partial charge in [-0.05, 0) is 87.3 Å². The summed E-state index contributed by atoms with van der Waals surface area (Å²) in [5.74, 6) is -1.21. The number of hydrogen-bond donors (Lipinski definition) is 2. The van der Waals surface area contributed by atoms with Crippen molar-refractivity contribution >= 4 is 23.1 Å². The molecule has 0 spiro atoms. The summed E-state index contributed by atoms with van der Waals surface area (Å²) in [5, 5.41) is 6.24. The third-order valence-electron chi connectivity index (χ3n) is 6.85. The summed E-state index contributed by atoms with van der Waals surface area (Å²) >= 11 is 0. The highest BCUT2D eigenvalue weighted by atomic mass is 16.2.